The molecule has 3 aromatic rings. The van der Waals surface area contributed by atoms with E-state index >= 15 is 0 Å². The van der Waals surface area contributed by atoms with Crippen molar-refractivity contribution in [2.45, 2.75) is 19.9 Å². The summed E-state index contributed by atoms with van der Waals surface area (Å²) in [6, 6.07) is 28.0. The third-order valence-corrected chi connectivity index (χ3v) is 9.02. The van der Waals surface area contributed by atoms with Crippen LogP contribution < -0.4 is 15.7 Å². The van der Waals surface area contributed by atoms with Crippen LogP contribution in [0.5, 0.6) is 0 Å². The molecule has 0 spiro atoms. The minimum atomic E-state index is -2.38. The lowest BCUT2D eigenvalue weighted by molar-refractivity contribution is -0.113. The zero-order valence-electron chi connectivity index (χ0n) is 16.1. The number of Topliss-reactive ketones (excluding diaryl/α,β-unsaturated/α-hetero) is 1. The molecule has 0 saturated heterocycles. The van der Waals surface area contributed by atoms with Crippen LogP contribution in [-0.4, -0.2) is 5.78 Å². The Morgan fingerprint density at radius 3 is 1.79 bits per heavy atom. The van der Waals surface area contributed by atoms with Crippen LogP contribution in [0.15, 0.2) is 97.1 Å². The zero-order chi connectivity index (χ0) is 20.1. The number of nitrogens with one attached hydrogen (secondary N) is 1. The molecular formula is C24H24NOPS. The highest BCUT2D eigenvalue weighted by atomic mass is 32.4. The fourth-order valence-electron chi connectivity index (χ4n) is 3.07. The highest BCUT2D eigenvalue weighted by Crippen LogP contribution is 2.43. The Bertz CT molecular complexity index is 970. The molecule has 0 bridgehead atoms. The summed E-state index contributed by atoms with van der Waals surface area (Å²) in [5, 5.41) is 5.81. The van der Waals surface area contributed by atoms with E-state index in [0.717, 1.165) is 16.2 Å². The van der Waals surface area contributed by atoms with E-state index in [0.29, 0.717) is 5.57 Å². The van der Waals surface area contributed by atoms with Gasteiger partial charge in [-0.15, -0.1) is 0 Å². The van der Waals surface area contributed by atoms with Gasteiger partial charge in [-0.3, -0.25) is 9.88 Å². The van der Waals surface area contributed by atoms with Crippen molar-refractivity contribution in [3.8, 4) is 0 Å². The minimum absolute atomic E-state index is 0.0410. The van der Waals surface area contributed by atoms with E-state index in [2.05, 4.69) is 35.9 Å². The molecular weight excluding hydrogens is 381 g/mol. The van der Waals surface area contributed by atoms with Crippen molar-refractivity contribution >= 4 is 34.4 Å². The molecule has 0 heterocycles. The van der Waals surface area contributed by atoms with Crippen molar-refractivity contribution in [1.82, 2.24) is 5.09 Å². The molecule has 0 aliphatic rings. The lowest BCUT2D eigenvalue weighted by atomic mass is 9.97. The first-order valence-electron chi connectivity index (χ1n) is 9.17. The number of ketones is 1. The molecule has 0 aliphatic heterocycles. The van der Waals surface area contributed by atoms with Crippen molar-refractivity contribution in [2.75, 3.05) is 0 Å². The van der Waals surface area contributed by atoms with E-state index in [1.165, 1.54) is 5.56 Å². The van der Waals surface area contributed by atoms with Gasteiger partial charge >= 0.3 is 0 Å². The smallest absolute Gasteiger partial charge is 0.157 e. The van der Waals surface area contributed by atoms with Gasteiger partial charge in [0.2, 0.25) is 0 Å². The molecule has 3 rings (SSSR count). The monoisotopic (exact) mass is 405 g/mol. The second-order valence-electron chi connectivity index (χ2n) is 6.83. The number of carbonyl (C=O) groups is 1. The highest BCUT2D eigenvalue weighted by Gasteiger charge is 2.29. The Kier molecular flexibility index (Phi) is 6.41. The van der Waals surface area contributed by atoms with Gasteiger partial charge in [0.1, 0.15) is 0 Å². The molecule has 0 radical (unpaired) electrons. The Morgan fingerprint density at radius 2 is 1.36 bits per heavy atom. The lowest BCUT2D eigenvalue weighted by Gasteiger charge is -2.31. The summed E-state index contributed by atoms with van der Waals surface area (Å²) in [6.07, 6.45) is -2.38. The topological polar surface area (TPSA) is 29.1 Å². The molecule has 28 heavy (non-hydrogen) atoms. The van der Waals surface area contributed by atoms with Gasteiger partial charge in [-0.25, -0.2) is 0 Å². The van der Waals surface area contributed by atoms with Crippen LogP contribution in [0.1, 0.15) is 24.1 Å². The van der Waals surface area contributed by atoms with Gasteiger partial charge in [0.25, 0.3) is 0 Å². The van der Waals surface area contributed by atoms with Crippen LogP contribution in [0, 0.1) is 6.92 Å². The Labute approximate surface area is 172 Å². The number of benzene rings is 3. The van der Waals surface area contributed by atoms with E-state index in [1.54, 1.807) is 6.92 Å². The summed E-state index contributed by atoms with van der Waals surface area (Å²) < 4.78 is 0. The Morgan fingerprint density at radius 1 is 0.893 bits per heavy atom. The summed E-state index contributed by atoms with van der Waals surface area (Å²) in [4.78, 5) is 12.2. The first-order valence-corrected chi connectivity index (χ1v) is 12.0. The van der Waals surface area contributed by atoms with Crippen LogP contribution in [0.3, 0.4) is 0 Å². The standard InChI is InChI=1S/C24H24NOPS/c1-18-14-16-21(17-15-18)24(19(2)20(3)26)25-27(28,22-10-6-4-7-11-22)23-12-8-5-9-13-23/h4-17,24H,2H2,1,3H3,(H,25,28). The summed E-state index contributed by atoms with van der Waals surface area (Å²) >= 11 is 6.29. The normalized spacial score (nSPS) is 12.4. The third-order valence-electron chi connectivity index (χ3n) is 4.76. The predicted octanol–water partition coefficient (Wildman–Crippen LogP) is 4.82. The quantitative estimate of drug-likeness (QED) is 0.452. The largest absolute Gasteiger partial charge is 0.295 e. The summed E-state index contributed by atoms with van der Waals surface area (Å²) in [5.41, 5.74) is 2.68. The molecule has 0 fully saturated rings. The number of rotatable bonds is 7. The highest BCUT2D eigenvalue weighted by molar-refractivity contribution is 8.20. The summed E-state index contributed by atoms with van der Waals surface area (Å²) in [5.74, 6) is -0.0410. The fourth-order valence-corrected chi connectivity index (χ4v) is 6.57. The average Bonchev–Trinajstić information content (AvgIpc) is 2.73. The maximum Gasteiger partial charge on any atom is 0.157 e. The maximum absolute atomic E-state index is 12.2. The van der Waals surface area contributed by atoms with Crippen LogP contribution in [0.4, 0.5) is 0 Å². The zero-order valence-corrected chi connectivity index (χ0v) is 17.8. The number of hydrogen-bond donors (Lipinski definition) is 1. The van der Waals surface area contributed by atoms with Gasteiger partial charge in [-0.05, 0) is 19.4 Å². The Balaban J connectivity index is 2.13. The van der Waals surface area contributed by atoms with Gasteiger partial charge < -0.3 is 0 Å². The fraction of sp³-hybridized carbons (Fsp3) is 0.125. The molecule has 4 heteroatoms. The second kappa shape index (κ2) is 8.79. The first kappa shape index (κ1) is 20.4. The molecule has 1 unspecified atom stereocenters. The lowest BCUT2D eigenvalue weighted by Crippen LogP contribution is -2.32. The van der Waals surface area contributed by atoms with Crippen LogP contribution in [0.2, 0.25) is 0 Å². The van der Waals surface area contributed by atoms with E-state index in [1.807, 2.05) is 67.6 Å². The van der Waals surface area contributed by atoms with Gasteiger partial charge in [0.15, 0.2) is 5.78 Å². The van der Waals surface area contributed by atoms with Gasteiger partial charge in [-0.2, -0.15) is 0 Å². The average molecular weight is 406 g/mol. The molecule has 0 amide bonds. The number of aryl methyl sites for hydroxylation is 1. The van der Waals surface area contributed by atoms with Crippen molar-refractivity contribution in [1.29, 1.82) is 0 Å². The third kappa shape index (κ3) is 4.39. The van der Waals surface area contributed by atoms with Crippen LogP contribution >= 0.6 is 6.19 Å². The molecule has 0 aromatic heterocycles. The molecule has 0 aliphatic carbocycles. The molecule has 0 saturated carbocycles. The van der Waals surface area contributed by atoms with Crippen molar-refractivity contribution in [3.63, 3.8) is 0 Å². The first-order chi connectivity index (χ1) is 13.4. The van der Waals surface area contributed by atoms with E-state index < -0.39 is 6.19 Å². The maximum atomic E-state index is 12.2. The van der Waals surface area contributed by atoms with Gasteiger partial charge in [0.05, 0.1) is 12.2 Å². The van der Waals surface area contributed by atoms with Crippen molar-refractivity contribution in [3.05, 3.63) is 108 Å². The predicted molar refractivity (Wildman–Crippen MR) is 123 cm³/mol. The van der Waals surface area contributed by atoms with Crippen LogP contribution in [0.25, 0.3) is 0 Å². The minimum Gasteiger partial charge on any atom is -0.295 e. The van der Waals surface area contributed by atoms with Crippen molar-refractivity contribution < 1.29 is 4.79 Å². The molecule has 3 aromatic carbocycles. The van der Waals surface area contributed by atoms with Crippen LogP contribution in [-0.2, 0) is 16.6 Å². The molecule has 2 nitrogen and oxygen atoms in total. The second-order valence-corrected chi connectivity index (χ2v) is 11.0. The van der Waals surface area contributed by atoms with E-state index in [9.17, 15) is 4.79 Å². The van der Waals surface area contributed by atoms with E-state index in [4.69, 9.17) is 11.8 Å². The SMILES string of the molecule is C=C(C(C)=O)C(NP(=S)(c1ccccc1)c1ccccc1)c1ccc(C)cc1. The van der Waals surface area contributed by atoms with E-state index in [-0.39, 0.29) is 11.8 Å². The number of hydrogen-bond acceptors (Lipinski definition) is 2. The molecule has 1 N–H and O–H groups in total. The van der Waals surface area contributed by atoms with Crippen molar-refractivity contribution in [2.24, 2.45) is 0 Å². The molecule has 142 valence electrons. The summed E-state index contributed by atoms with van der Waals surface area (Å²) in [7, 11) is 0. The molecule has 1 atom stereocenters. The van der Waals surface area contributed by atoms with Gasteiger partial charge in [-0.1, -0.05) is 109 Å². The summed E-state index contributed by atoms with van der Waals surface area (Å²) in [6.45, 7) is 7.69. The van der Waals surface area contributed by atoms with Gasteiger partial charge in [0, 0.05) is 16.2 Å². The number of carbonyl (C=O) groups excluding carboxylic acids is 1. The Hall–Kier alpha value is -2.32.